The standard InChI is InChI=1S/C6H10ClO2/c1-3-6(8)9-4-5(2)7/h5H,1,3-4H2,2H3. The largest absolute Gasteiger partial charge is 0.464 e. The minimum absolute atomic E-state index is 0.111. The Kier molecular flexibility index (Phi) is 4.50. The van der Waals surface area contributed by atoms with Crippen LogP contribution in [0.25, 0.3) is 0 Å². The summed E-state index contributed by atoms with van der Waals surface area (Å²) in [6.07, 6.45) is 0.170. The maximum Gasteiger partial charge on any atom is 0.305 e. The minimum Gasteiger partial charge on any atom is -0.464 e. The zero-order valence-corrected chi connectivity index (χ0v) is 6.15. The number of ether oxygens (including phenoxy) is 1. The van der Waals surface area contributed by atoms with Crippen molar-refractivity contribution in [3.8, 4) is 0 Å². The molecule has 0 aliphatic carbocycles. The van der Waals surface area contributed by atoms with E-state index in [4.69, 9.17) is 11.6 Å². The topological polar surface area (TPSA) is 26.3 Å². The summed E-state index contributed by atoms with van der Waals surface area (Å²) in [6, 6.07) is 0. The Hall–Kier alpha value is -0.240. The van der Waals surface area contributed by atoms with E-state index in [1.165, 1.54) is 0 Å². The SMILES string of the molecule is [CH2]CC(=O)OCC(C)Cl. The first kappa shape index (κ1) is 8.76. The number of rotatable bonds is 3. The molecule has 3 heteroatoms. The van der Waals surface area contributed by atoms with Crippen molar-refractivity contribution < 1.29 is 9.53 Å². The van der Waals surface area contributed by atoms with E-state index in [1.807, 2.05) is 0 Å². The molecule has 0 aromatic carbocycles. The maximum absolute atomic E-state index is 10.4. The highest BCUT2D eigenvalue weighted by molar-refractivity contribution is 6.20. The van der Waals surface area contributed by atoms with Crippen molar-refractivity contribution in [2.24, 2.45) is 0 Å². The normalized spacial score (nSPS) is 12.8. The Morgan fingerprint density at radius 3 is 2.78 bits per heavy atom. The van der Waals surface area contributed by atoms with Crippen molar-refractivity contribution in [3.05, 3.63) is 6.92 Å². The average molecular weight is 150 g/mol. The first-order valence-corrected chi connectivity index (χ1v) is 3.19. The zero-order chi connectivity index (χ0) is 7.28. The predicted molar refractivity (Wildman–Crippen MR) is 36.2 cm³/mol. The van der Waals surface area contributed by atoms with Crippen LogP contribution in [0.15, 0.2) is 0 Å². The fourth-order valence-electron chi connectivity index (χ4n) is 0.280. The van der Waals surface area contributed by atoms with Gasteiger partial charge in [-0.2, -0.15) is 0 Å². The summed E-state index contributed by atoms with van der Waals surface area (Å²) in [5.41, 5.74) is 0. The van der Waals surface area contributed by atoms with Crippen molar-refractivity contribution in [2.45, 2.75) is 18.7 Å². The second-order valence-corrected chi connectivity index (χ2v) is 2.46. The summed E-state index contributed by atoms with van der Waals surface area (Å²) in [5.74, 6) is -0.303. The van der Waals surface area contributed by atoms with Gasteiger partial charge in [0.15, 0.2) is 0 Å². The van der Waals surface area contributed by atoms with Gasteiger partial charge in [-0.1, -0.05) is 0 Å². The van der Waals surface area contributed by atoms with E-state index in [9.17, 15) is 4.79 Å². The molecule has 0 N–H and O–H groups in total. The van der Waals surface area contributed by atoms with E-state index in [-0.39, 0.29) is 24.4 Å². The lowest BCUT2D eigenvalue weighted by Gasteiger charge is -2.02. The van der Waals surface area contributed by atoms with Crippen LogP contribution in [0.3, 0.4) is 0 Å². The van der Waals surface area contributed by atoms with Crippen molar-refractivity contribution in [2.75, 3.05) is 6.61 Å². The minimum atomic E-state index is -0.303. The number of carbonyl (C=O) groups excluding carboxylic acids is 1. The molecule has 0 saturated heterocycles. The van der Waals surface area contributed by atoms with Gasteiger partial charge in [-0.3, -0.25) is 4.79 Å². The maximum atomic E-state index is 10.4. The molecule has 53 valence electrons. The van der Waals surface area contributed by atoms with Gasteiger partial charge in [-0.15, -0.1) is 11.6 Å². The summed E-state index contributed by atoms with van der Waals surface area (Å²) in [6.45, 7) is 5.38. The molecule has 0 fully saturated rings. The summed E-state index contributed by atoms with van der Waals surface area (Å²) in [5, 5.41) is -0.111. The Labute approximate surface area is 60.1 Å². The summed E-state index contributed by atoms with van der Waals surface area (Å²) < 4.78 is 4.62. The molecular formula is C6H10ClO2. The monoisotopic (exact) mass is 149 g/mol. The summed E-state index contributed by atoms with van der Waals surface area (Å²) >= 11 is 5.48. The second kappa shape index (κ2) is 4.62. The number of halogens is 1. The van der Waals surface area contributed by atoms with Crippen LogP contribution in [0.1, 0.15) is 13.3 Å². The third-order valence-electron chi connectivity index (χ3n) is 0.678. The Balaban J connectivity index is 3.17. The number of hydrogen-bond acceptors (Lipinski definition) is 2. The van der Waals surface area contributed by atoms with E-state index < -0.39 is 0 Å². The van der Waals surface area contributed by atoms with E-state index in [0.29, 0.717) is 0 Å². The Bertz CT molecular complexity index is 91.1. The highest BCUT2D eigenvalue weighted by Crippen LogP contribution is 1.94. The molecule has 1 radical (unpaired) electrons. The third-order valence-corrected chi connectivity index (χ3v) is 0.804. The van der Waals surface area contributed by atoms with Crippen molar-refractivity contribution in [3.63, 3.8) is 0 Å². The quantitative estimate of drug-likeness (QED) is 0.448. The van der Waals surface area contributed by atoms with Crippen LogP contribution >= 0.6 is 11.6 Å². The zero-order valence-electron chi connectivity index (χ0n) is 5.39. The molecule has 9 heavy (non-hydrogen) atoms. The predicted octanol–water partition coefficient (Wildman–Crippen LogP) is 1.38. The Morgan fingerprint density at radius 1 is 1.89 bits per heavy atom. The average Bonchev–Trinajstić information content (AvgIpc) is 1.83. The molecular weight excluding hydrogens is 140 g/mol. The van der Waals surface area contributed by atoms with E-state index in [0.717, 1.165) is 0 Å². The number of hydrogen-bond donors (Lipinski definition) is 0. The molecule has 0 aromatic heterocycles. The van der Waals surface area contributed by atoms with Crippen LogP contribution in [0.4, 0.5) is 0 Å². The van der Waals surface area contributed by atoms with Crippen LogP contribution in [0.5, 0.6) is 0 Å². The van der Waals surface area contributed by atoms with Crippen LogP contribution < -0.4 is 0 Å². The molecule has 0 rings (SSSR count). The molecule has 0 heterocycles. The number of alkyl halides is 1. The van der Waals surface area contributed by atoms with Gasteiger partial charge >= 0.3 is 5.97 Å². The van der Waals surface area contributed by atoms with E-state index >= 15 is 0 Å². The molecule has 1 atom stereocenters. The second-order valence-electron chi connectivity index (χ2n) is 1.71. The fraction of sp³-hybridized carbons (Fsp3) is 0.667. The molecule has 0 aliphatic heterocycles. The lowest BCUT2D eigenvalue weighted by molar-refractivity contribution is -0.142. The number of carbonyl (C=O) groups is 1. The van der Waals surface area contributed by atoms with Gasteiger partial charge in [-0.05, 0) is 13.8 Å². The van der Waals surface area contributed by atoms with Crippen LogP contribution in [-0.2, 0) is 9.53 Å². The van der Waals surface area contributed by atoms with E-state index in [1.54, 1.807) is 6.92 Å². The van der Waals surface area contributed by atoms with Crippen molar-refractivity contribution in [1.29, 1.82) is 0 Å². The lowest BCUT2D eigenvalue weighted by Crippen LogP contribution is -2.10. The van der Waals surface area contributed by atoms with Crippen LogP contribution in [-0.4, -0.2) is 18.0 Å². The highest BCUT2D eigenvalue weighted by atomic mass is 35.5. The lowest BCUT2D eigenvalue weighted by atomic mass is 10.5. The van der Waals surface area contributed by atoms with Gasteiger partial charge in [0.1, 0.15) is 6.61 Å². The first-order valence-electron chi connectivity index (χ1n) is 2.75. The summed E-state index contributed by atoms with van der Waals surface area (Å²) in [7, 11) is 0. The molecule has 2 nitrogen and oxygen atoms in total. The van der Waals surface area contributed by atoms with Gasteiger partial charge in [0.05, 0.1) is 5.38 Å². The van der Waals surface area contributed by atoms with Crippen LogP contribution in [0, 0.1) is 6.92 Å². The molecule has 0 amide bonds. The van der Waals surface area contributed by atoms with Gasteiger partial charge in [0.2, 0.25) is 0 Å². The molecule has 0 aliphatic rings. The smallest absolute Gasteiger partial charge is 0.305 e. The first-order chi connectivity index (χ1) is 4.16. The molecule has 0 spiro atoms. The van der Waals surface area contributed by atoms with Gasteiger partial charge in [-0.25, -0.2) is 0 Å². The molecule has 0 bridgehead atoms. The highest BCUT2D eigenvalue weighted by Gasteiger charge is 2.00. The van der Waals surface area contributed by atoms with Crippen molar-refractivity contribution >= 4 is 17.6 Å². The number of esters is 1. The fourth-order valence-corrected chi connectivity index (χ4v) is 0.343. The molecule has 0 aromatic rings. The van der Waals surface area contributed by atoms with Gasteiger partial charge in [0, 0.05) is 6.42 Å². The molecule has 1 unspecified atom stereocenters. The summed E-state index contributed by atoms with van der Waals surface area (Å²) in [4.78, 5) is 10.4. The third kappa shape index (κ3) is 5.63. The Morgan fingerprint density at radius 2 is 2.44 bits per heavy atom. The van der Waals surface area contributed by atoms with Gasteiger partial charge in [0.25, 0.3) is 0 Å². The van der Waals surface area contributed by atoms with Crippen molar-refractivity contribution in [1.82, 2.24) is 0 Å². The van der Waals surface area contributed by atoms with Gasteiger partial charge < -0.3 is 4.74 Å². The van der Waals surface area contributed by atoms with E-state index in [2.05, 4.69) is 11.7 Å². The van der Waals surface area contributed by atoms with Crippen LogP contribution in [0.2, 0.25) is 0 Å². The molecule has 0 saturated carbocycles.